The zero-order valence-corrected chi connectivity index (χ0v) is 45.5. The molecule has 6 nitrogen and oxygen atoms in total. The molecule has 0 aliphatic heterocycles. The number of rotatable bonds is 51. The van der Waals surface area contributed by atoms with E-state index in [0.29, 0.717) is 19.3 Å². The summed E-state index contributed by atoms with van der Waals surface area (Å²) in [6, 6.07) is 0. The molecule has 6 heteroatoms. The molecule has 1 atom stereocenters. The molecule has 0 heterocycles. The SMILES string of the molecule is CC/C=C\C/C=C\C/C=C\C/C=C\C/C=C\CCCC(=O)OC(COC(=O)CCCCCCC/C=C\C/C=C\CCCC)COC(=O)CCCCCCCCCCC/C=C\C/C=C\CCCCCCC. The molecule has 70 heavy (non-hydrogen) atoms. The predicted octanol–water partition coefficient (Wildman–Crippen LogP) is 19.5. The van der Waals surface area contributed by atoms with Gasteiger partial charge in [0.1, 0.15) is 13.2 Å². The molecule has 398 valence electrons. The van der Waals surface area contributed by atoms with Crippen LogP contribution < -0.4 is 0 Å². The summed E-state index contributed by atoms with van der Waals surface area (Å²) in [5.41, 5.74) is 0. The van der Waals surface area contributed by atoms with Crippen LogP contribution in [-0.4, -0.2) is 37.2 Å². The van der Waals surface area contributed by atoms with Gasteiger partial charge in [-0.2, -0.15) is 0 Å². The van der Waals surface area contributed by atoms with Gasteiger partial charge in [-0.05, 0) is 116 Å². The van der Waals surface area contributed by atoms with Crippen molar-refractivity contribution in [2.24, 2.45) is 0 Å². The largest absolute Gasteiger partial charge is 0.462 e. The first-order valence-corrected chi connectivity index (χ1v) is 28.9. The second-order valence-electron chi connectivity index (χ2n) is 18.8. The third kappa shape index (κ3) is 55.0. The van der Waals surface area contributed by atoms with Crippen molar-refractivity contribution in [3.8, 4) is 0 Å². The summed E-state index contributed by atoms with van der Waals surface area (Å²) in [6.07, 6.45) is 78.0. The molecule has 0 aliphatic carbocycles. The number of unbranched alkanes of at least 4 members (excludes halogenated alkanes) is 22. The Balaban J connectivity index is 4.47. The molecular formula is C64H106O6. The van der Waals surface area contributed by atoms with Crippen LogP contribution in [-0.2, 0) is 28.6 Å². The molecular weight excluding hydrogens is 865 g/mol. The molecule has 0 amide bonds. The number of esters is 3. The van der Waals surface area contributed by atoms with Gasteiger partial charge in [-0.3, -0.25) is 14.4 Å². The first kappa shape index (κ1) is 66.1. The molecule has 0 saturated heterocycles. The Hall–Kier alpha value is -3.93. The predicted molar refractivity (Wildman–Crippen MR) is 302 cm³/mol. The molecule has 0 saturated carbocycles. The molecule has 0 rings (SSSR count). The molecule has 0 aromatic carbocycles. The van der Waals surface area contributed by atoms with Crippen LogP contribution in [0.15, 0.2) is 109 Å². The van der Waals surface area contributed by atoms with Gasteiger partial charge in [0, 0.05) is 19.3 Å². The van der Waals surface area contributed by atoms with Gasteiger partial charge in [0.25, 0.3) is 0 Å². The molecule has 0 radical (unpaired) electrons. The van der Waals surface area contributed by atoms with E-state index in [1.165, 1.54) is 103 Å². The monoisotopic (exact) mass is 971 g/mol. The molecule has 0 aromatic heterocycles. The summed E-state index contributed by atoms with van der Waals surface area (Å²) >= 11 is 0. The number of ether oxygens (including phenoxy) is 3. The van der Waals surface area contributed by atoms with E-state index in [0.717, 1.165) is 109 Å². The van der Waals surface area contributed by atoms with Gasteiger partial charge < -0.3 is 14.2 Å². The normalized spacial score (nSPS) is 12.9. The zero-order chi connectivity index (χ0) is 50.7. The van der Waals surface area contributed by atoms with E-state index in [1.807, 2.05) is 0 Å². The van der Waals surface area contributed by atoms with Gasteiger partial charge in [0.2, 0.25) is 0 Å². The van der Waals surface area contributed by atoms with E-state index in [9.17, 15) is 14.4 Å². The highest BCUT2D eigenvalue weighted by molar-refractivity contribution is 5.71. The van der Waals surface area contributed by atoms with Crippen molar-refractivity contribution in [2.75, 3.05) is 13.2 Å². The van der Waals surface area contributed by atoms with Crippen molar-refractivity contribution < 1.29 is 28.6 Å². The van der Waals surface area contributed by atoms with Crippen LogP contribution in [0.4, 0.5) is 0 Å². The molecule has 0 spiro atoms. The number of hydrogen-bond acceptors (Lipinski definition) is 6. The maximum absolute atomic E-state index is 12.8. The van der Waals surface area contributed by atoms with Crippen LogP contribution in [0, 0.1) is 0 Å². The summed E-state index contributed by atoms with van der Waals surface area (Å²) in [4.78, 5) is 38.1. The Labute approximate surface area is 431 Å². The Bertz CT molecular complexity index is 1440. The Morgan fingerprint density at radius 2 is 0.586 bits per heavy atom. The highest BCUT2D eigenvalue weighted by atomic mass is 16.6. The Kier molecular flexibility index (Phi) is 54.4. The molecule has 1 unspecified atom stereocenters. The standard InChI is InChI=1S/C64H106O6/c1-4-7-10-13-16-19-22-25-28-30-31-32-33-35-36-39-42-45-48-51-54-57-63(66)69-60-61(59-68-62(65)56-53-50-47-44-41-38-27-24-21-18-15-12-9-6-3)70-64(67)58-55-52-49-46-43-40-37-34-29-26-23-20-17-14-11-8-5-2/h8,11,15,17-18,20,22,24-27,29-31,37,40,46,49,61H,4-7,9-10,12-14,16,19,21,23,28,32-36,38-39,41-45,47-48,50-60H2,1-3H3/b11-8-,18-15-,20-17-,25-22-,27-24-,29-26-,31-30-,40-37-,49-46-. The smallest absolute Gasteiger partial charge is 0.306 e. The molecule has 0 aromatic rings. The van der Waals surface area contributed by atoms with E-state index in [1.54, 1.807) is 0 Å². The van der Waals surface area contributed by atoms with Crippen molar-refractivity contribution >= 4 is 17.9 Å². The van der Waals surface area contributed by atoms with E-state index in [-0.39, 0.29) is 37.5 Å². The van der Waals surface area contributed by atoms with Gasteiger partial charge in [-0.1, -0.05) is 233 Å². The van der Waals surface area contributed by atoms with Crippen molar-refractivity contribution in [1.29, 1.82) is 0 Å². The fourth-order valence-corrected chi connectivity index (χ4v) is 7.64. The van der Waals surface area contributed by atoms with Gasteiger partial charge in [0.15, 0.2) is 6.10 Å². The van der Waals surface area contributed by atoms with Crippen LogP contribution in [0.3, 0.4) is 0 Å². The summed E-state index contributed by atoms with van der Waals surface area (Å²) in [5.74, 6) is -0.986. The summed E-state index contributed by atoms with van der Waals surface area (Å²) in [5, 5.41) is 0. The highest BCUT2D eigenvalue weighted by Crippen LogP contribution is 2.14. The van der Waals surface area contributed by atoms with E-state index in [2.05, 4.69) is 130 Å². The van der Waals surface area contributed by atoms with Crippen molar-refractivity contribution in [2.45, 2.75) is 264 Å². The fourth-order valence-electron chi connectivity index (χ4n) is 7.64. The summed E-state index contributed by atoms with van der Waals surface area (Å²) < 4.78 is 16.8. The molecule has 0 aliphatic rings. The van der Waals surface area contributed by atoms with E-state index in [4.69, 9.17) is 14.2 Å². The fraction of sp³-hybridized carbons (Fsp3) is 0.672. The Morgan fingerprint density at radius 3 is 0.957 bits per heavy atom. The highest BCUT2D eigenvalue weighted by Gasteiger charge is 2.19. The van der Waals surface area contributed by atoms with Crippen LogP contribution in [0.5, 0.6) is 0 Å². The van der Waals surface area contributed by atoms with Crippen LogP contribution in [0.1, 0.15) is 258 Å². The minimum Gasteiger partial charge on any atom is -0.462 e. The average molecular weight is 972 g/mol. The lowest BCUT2D eigenvalue weighted by Crippen LogP contribution is -2.30. The maximum Gasteiger partial charge on any atom is 0.306 e. The Morgan fingerprint density at radius 1 is 0.300 bits per heavy atom. The number of hydrogen-bond donors (Lipinski definition) is 0. The third-order valence-corrected chi connectivity index (χ3v) is 12.0. The topological polar surface area (TPSA) is 78.9 Å². The van der Waals surface area contributed by atoms with Crippen LogP contribution in [0.25, 0.3) is 0 Å². The van der Waals surface area contributed by atoms with Crippen molar-refractivity contribution in [1.82, 2.24) is 0 Å². The minimum absolute atomic E-state index is 0.109. The molecule has 0 bridgehead atoms. The van der Waals surface area contributed by atoms with Gasteiger partial charge >= 0.3 is 17.9 Å². The molecule has 0 fully saturated rings. The minimum atomic E-state index is -0.818. The maximum atomic E-state index is 12.8. The first-order valence-electron chi connectivity index (χ1n) is 28.9. The van der Waals surface area contributed by atoms with E-state index < -0.39 is 6.10 Å². The average Bonchev–Trinajstić information content (AvgIpc) is 3.36. The lowest BCUT2D eigenvalue weighted by molar-refractivity contribution is -0.167. The second kappa shape index (κ2) is 57.6. The lowest BCUT2D eigenvalue weighted by atomic mass is 10.1. The van der Waals surface area contributed by atoms with Crippen LogP contribution in [0.2, 0.25) is 0 Å². The number of carbonyl (C=O) groups is 3. The van der Waals surface area contributed by atoms with E-state index >= 15 is 0 Å². The van der Waals surface area contributed by atoms with Crippen molar-refractivity contribution in [3.05, 3.63) is 109 Å². The zero-order valence-electron chi connectivity index (χ0n) is 45.5. The quantitative estimate of drug-likeness (QED) is 0.0262. The van der Waals surface area contributed by atoms with Gasteiger partial charge in [-0.25, -0.2) is 0 Å². The van der Waals surface area contributed by atoms with Crippen LogP contribution >= 0.6 is 0 Å². The van der Waals surface area contributed by atoms with Crippen molar-refractivity contribution in [3.63, 3.8) is 0 Å². The van der Waals surface area contributed by atoms with Gasteiger partial charge in [-0.15, -0.1) is 0 Å². The lowest BCUT2D eigenvalue weighted by Gasteiger charge is -2.18. The number of allylic oxidation sites excluding steroid dienone is 18. The summed E-state index contributed by atoms with van der Waals surface area (Å²) in [6.45, 7) is 6.41. The third-order valence-electron chi connectivity index (χ3n) is 12.0. The number of carbonyl (C=O) groups excluding carboxylic acids is 3. The molecule has 0 N–H and O–H groups in total. The second-order valence-corrected chi connectivity index (χ2v) is 18.8. The van der Waals surface area contributed by atoms with Gasteiger partial charge in [0.05, 0.1) is 0 Å². The summed E-state index contributed by atoms with van der Waals surface area (Å²) in [7, 11) is 0. The first-order chi connectivity index (χ1) is 34.5.